The molecule has 0 radical (unpaired) electrons. The highest BCUT2D eigenvalue weighted by molar-refractivity contribution is 7.80. The van der Waals surface area contributed by atoms with Crippen LogP contribution in [0.3, 0.4) is 0 Å². The van der Waals surface area contributed by atoms with Gasteiger partial charge in [-0.15, -0.1) is 0 Å². The summed E-state index contributed by atoms with van der Waals surface area (Å²) in [6.07, 6.45) is -7.39. The first-order valence-corrected chi connectivity index (χ1v) is 5.50. The van der Waals surface area contributed by atoms with Crippen molar-refractivity contribution in [1.82, 2.24) is 0 Å². The van der Waals surface area contributed by atoms with Crippen molar-refractivity contribution in [3.05, 3.63) is 0 Å². The van der Waals surface area contributed by atoms with Gasteiger partial charge >= 0.3 is 10.4 Å². The van der Waals surface area contributed by atoms with Gasteiger partial charge in [0, 0.05) is 0 Å². The van der Waals surface area contributed by atoms with Crippen LogP contribution >= 0.6 is 0 Å². The molecule has 0 aromatic carbocycles. The molecule has 0 aromatic heterocycles. The molecule has 0 aliphatic heterocycles. The Morgan fingerprint density at radius 3 is 1.81 bits per heavy atom. The second-order valence-corrected chi connectivity index (χ2v) is 4.10. The molecule has 0 saturated carbocycles. The molecule has 0 aliphatic carbocycles. The molecule has 0 aliphatic rings. The molecule has 0 amide bonds. The third-order valence-corrected chi connectivity index (χ3v) is 2.15. The molecule has 0 spiro atoms. The Morgan fingerprint density at radius 1 is 1.00 bits per heavy atom. The fourth-order valence-electron chi connectivity index (χ4n) is 0.817. The van der Waals surface area contributed by atoms with Crippen molar-refractivity contribution in [3.8, 4) is 0 Å². The van der Waals surface area contributed by atoms with E-state index in [1.54, 1.807) is 0 Å². The van der Waals surface area contributed by atoms with E-state index in [0.717, 1.165) is 0 Å². The van der Waals surface area contributed by atoms with E-state index in [1.807, 2.05) is 0 Å². The molecular weight excluding hydrogens is 248 g/mol. The van der Waals surface area contributed by atoms with Gasteiger partial charge < -0.3 is 25.5 Å². The highest BCUT2D eigenvalue weighted by Crippen LogP contribution is 2.06. The maximum Gasteiger partial charge on any atom is 0.397 e. The summed E-state index contributed by atoms with van der Waals surface area (Å²) < 4.78 is 32.1. The van der Waals surface area contributed by atoms with E-state index in [1.165, 1.54) is 0 Å². The van der Waals surface area contributed by atoms with Crippen molar-refractivity contribution < 1.29 is 42.7 Å². The van der Waals surface area contributed by atoms with E-state index in [4.69, 9.17) is 30.1 Å². The van der Waals surface area contributed by atoms with Crippen molar-refractivity contribution in [3.63, 3.8) is 0 Å². The third kappa shape index (κ3) is 5.67. The molecule has 9 nitrogen and oxygen atoms in total. The van der Waals surface area contributed by atoms with Crippen LogP contribution in [0.2, 0.25) is 0 Å². The smallest absolute Gasteiger partial charge is 0.394 e. The topological polar surface area (TPSA) is 165 Å². The fourth-order valence-corrected chi connectivity index (χ4v) is 1.13. The number of hydrogen-bond donors (Lipinski definition) is 6. The van der Waals surface area contributed by atoms with Crippen molar-refractivity contribution in [2.75, 3.05) is 13.2 Å². The van der Waals surface area contributed by atoms with Crippen LogP contribution in [0.25, 0.3) is 0 Å². The number of aliphatic hydroxyl groups is 5. The molecule has 0 saturated heterocycles. The monoisotopic (exact) mass is 262 g/mol. The third-order valence-electron chi connectivity index (χ3n) is 1.71. The number of rotatable bonds is 7. The zero-order valence-electron chi connectivity index (χ0n) is 8.04. The van der Waals surface area contributed by atoms with Crippen LogP contribution in [0.4, 0.5) is 0 Å². The number of aliphatic hydroxyl groups excluding tert-OH is 5. The lowest BCUT2D eigenvalue weighted by Crippen LogP contribution is -2.47. The van der Waals surface area contributed by atoms with Crippen LogP contribution in [-0.2, 0) is 14.6 Å². The summed E-state index contributed by atoms with van der Waals surface area (Å²) >= 11 is 0. The number of hydrogen-bond acceptors (Lipinski definition) is 8. The Morgan fingerprint density at radius 2 is 1.44 bits per heavy atom. The first kappa shape index (κ1) is 15.7. The summed E-state index contributed by atoms with van der Waals surface area (Å²) in [6, 6.07) is 0. The van der Waals surface area contributed by atoms with Gasteiger partial charge in [-0.1, -0.05) is 0 Å². The Bertz CT molecular complexity index is 288. The highest BCUT2D eigenvalue weighted by atomic mass is 32.3. The van der Waals surface area contributed by atoms with Gasteiger partial charge in [0.05, 0.1) is 13.2 Å². The van der Waals surface area contributed by atoms with E-state index in [-0.39, 0.29) is 0 Å². The SMILES string of the molecule is O=S(=O)(O)OC[C@@H](O)[C@@H](O)[C@H](O)[C@@H](O)CO. The standard InChI is InChI=1S/C6H14O9S/c7-1-3(8)5(10)6(11)4(9)2-15-16(12,13)14/h3-11H,1-2H2,(H,12,13,14)/t3-,4+,5+,6+/m0/s1. The lowest BCUT2D eigenvalue weighted by Gasteiger charge is -2.24. The molecule has 16 heavy (non-hydrogen) atoms. The summed E-state index contributed by atoms with van der Waals surface area (Å²) in [6.45, 7) is -1.86. The normalized spacial score (nSPS) is 20.1. The minimum Gasteiger partial charge on any atom is -0.394 e. The molecule has 0 unspecified atom stereocenters. The van der Waals surface area contributed by atoms with Gasteiger partial charge in [-0.05, 0) is 0 Å². The summed E-state index contributed by atoms with van der Waals surface area (Å²) in [5.41, 5.74) is 0. The van der Waals surface area contributed by atoms with E-state index < -0.39 is 48.0 Å². The second kappa shape index (κ2) is 6.42. The van der Waals surface area contributed by atoms with Gasteiger partial charge in [-0.25, -0.2) is 4.18 Å². The first-order valence-electron chi connectivity index (χ1n) is 4.14. The van der Waals surface area contributed by atoms with Crippen LogP contribution in [0.1, 0.15) is 0 Å². The summed E-state index contributed by atoms with van der Waals surface area (Å²) in [5.74, 6) is 0. The van der Waals surface area contributed by atoms with E-state index in [2.05, 4.69) is 4.18 Å². The summed E-state index contributed by atoms with van der Waals surface area (Å²) in [7, 11) is -4.77. The maximum absolute atomic E-state index is 10.1. The Balaban J connectivity index is 4.22. The molecule has 0 bridgehead atoms. The van der Waals surface area contributed by atoms with E-state index in [9.17, 15) is 8.42 Å². The Hall–Kier alpha value is -0.330. The predicted molar refractivity (Wildman–Crippen MR) is 48.6 cm³/mol. The van der Waals surface area contributed by atoms with Gasteiger partial charge in [0.15, 0.2) is 0 Å². The summed E-state index contributed by atoms with van der Waals surface area (Å²) in [5, 5.41) is 44.7. The maximum atomic E-state index is 10.1. The zero-order valence-corrected chi connectivity index (χ0v) is 8.86. The van der Waals surface area contributed by atoms with Gasteiger partial charge in [0.1, 0.15) is 24.4 Å². The van der Waals surface area contributed by atoms with Crippen molar-refractivity contribution in [1.29, 1.82) is 0 Å². The Kier molecular flexibility index (Phi) is 6.28. The molecular formula is C6H14O9S. The molecule has 0 aromatic rings. The zero-order chi connectivity index (χ0) is 12.9. The molecule has 6 N–H and O–H groups in total. The molecule has 0 rings (SSSR count). The quantitative estimate of drug-likeness (QED) is 0.253. The van der Waals surface area contributed by atoms with Crippen molar-refractivity contribution in [2.45, 2.75) is 24.4 Å². The fraction of sp³-hybridized carbons (Fsp3) is 1.00. The van der Waals surface area contributed by atoms with Crippen molar-refractivity contribution in [2.24, 2.45) is 0 Å². The molecule has 0 heterocycles. The Labute approximate surface area is 91.5 Å². The van der Waals surface area contributed by atoms with Crippen LogP contribution in [-0.4, -0.2) is 76.1 Å². The van der Waals surface area contributed by atoms with Gasteiger partial charge in [0.25, 0.3) is 0 Å². The van der Waals surface area contributed by atoms with Gasteiger partial charge in [0.2, 0.25) is 0 Å². The lowest BCUT2D eigenvalue weighted by molar-refractivity contribution is -0.121. The average molecular weight is 262 g/mol. The summed E-state index contributed by atoms with van der Waals surface area (Å²) in [4.78, 5) is 0. The largest absolute Gasteiger partial charge is 0.397 e. The highest BCUT2D eigenvalue weighted by Gasteiger charge is 2.30. The predicted octanol–water partition coefficient (Wildman–Crippen LogP) is -3.76. The minimum atomic E-state index is -4.77. The second-order valence-electron chi connectivity index (χ2n) is 3.01. The molecule has 0 fully saturated rings. The van der Waals surface area contributed by atoms with Gasteiger partial charge in [-0.3, -0.25) is 4.55 Å². The first-order chi connectivity index (χ1) is 7.19. The van der Waals surface area contributed by atoms with Crippen LogP contribution in [0.5, 0.6) is 0 Å². The average Bonchev–Trinajstić information content (AvgIpc) is 2.21. The van der Waals surface area contributed by atoms with Crippen molar-refractivity contribution >= 4 is 10.4 Å². The lowest BCUT2D eigenvalue weighted by atomic mass is 10.0. The van der Waals surface area contributed by atoms with Crippen LogP contribution in [0, 0.1) is 0 Å². The van der Waals surface area contributed by atoms with Crippen LogP contribution in [0.15, 0.2) is 0 Å². The van der Waals surface area contributed by atoms with E-state index in [0.29, 0.717) is 0 Å². The minimum absolute atomic E-state index is 0.857. The van der Waals surface area contributed by atoms with Crippen LogP contribution < -0.4 is 0 Å². The van der Waals surface area contributed by atoms with E-state index >= 15 is 0 Å². The van der Waals surface area contributed by atoms with Gasteiger partial charge in [-0.2, -0.15) is 8.42 Å². The molecule has 10 heteroatoms. The molecule has 98 valence electrons. The molecule has 4 atom stereocenters.